The van der Waals surface area contributed by atoms with Crippen LogP contribution in [0.15, 0.2) is 23.6 Å². The topological polar surface area (TPSA) is 24.9 Å². The number of benzene rings is 1. The Morgan fingerprint density at radius 1 is 1.19 bits per heavy atom. The number of hydrogen-bond donors (Lipinski definition) is 1. The van der Waals surface area contributed by atoms with Crippen LogP contribution in [0.4, 0.5) is 0 Å². The number of rotatable bonds is 4. The van der Waals surface area contributed by atoms with Crippen LogP contribution in [-0.4, -0.2) is 11.5 Å². The first kappa shape index (κ1) is 16.8. The van der Waals surface area contributed by atoms with Crippen molar-refractivity contribution < 1.29 is 0 Å². The summed E-state index contributed by atoms with van der Waals surface area (Å²) >= 11 is 13.9. The molecule has 2 rings (SSSR count). The molecule has 2 nitrogen and oxygen atoms in total. The van der Waals surface area contributed by atoms with E-state index in [4.69, 9.17) is 28.2 Å². The minimum absolute atomic E-state index is 0.0206. The van der Waals surface area contributed by atoms with Crippen LogP contribution in [0.2, 0.25) is 10.0 Å². The van der Waals surface area contributed by atoms with Crippen LogP contribution in [0.3, 0.4) is 0 Å². The molecule has 1 atom stereocenters. The molecule has 1 aromatic heterocycles. The summed E-state index contributed by atoms with van der Waals surface area (Å²) in [6.45, 7) is 9.44. The van der Waals surface area contributed by atoms with Gasteiger partial charge in [-0.15, -0.1) is 11.3 Å². The van der Waals surface area contributed by atoms with Gasteiger partial charge in [0.1, 0.15) is 5.01 Å². The van der Waals surface area contributed by atoms with E-state index in [9.17, 15) is 0 Å². The molecule has 2 aromatic rings. The first-order valence-corrected chi connectivity index (χ1v) is 8.60. The smallest absolute Gasteiger partial charge is 0.114 e. The molecule has 0 aliphatic heterocycles. The molecule has 1 aromatic carbocycles. The zero-order valence-electron chi connectivity index (χ0n) is 12.7. The van der Waals surface area contributed by atoms with E-state index in [-0.39, 0.29) is 11.5 Å². The second-order valence-electron chi connectivity index (χ2n) is 6.01. The van der Waals surface area contributed by atoms with Crippen molar-refractivity contribution in [1.29, 1.82) is 0 Å². The number of halogens is 2. The Morgan fingerprint density at radius 2 is 1.81 bits per heavy atom. The summed E-state index contributed by atoms with van der Waals surface area (Å²) in [5, 5.41) is 7.93. The maximum Gasteiger partial charge on any atom is 0.114 e. The van der Waals surface area contributed by atoms with Crippen LogP contribution >= 0.6 is 34.5 Å². The van der Waals surface area contributed by atoms with Gasteiger partial charge in [0.15, 0.2) is 0 Å². The maximum atomic E-state index is 6.13. The third-order valence-corrected chi connectivity index (χ3v) is 4.51. The molecule has 0 bridgehead atoms. The van der Waals surface area contributed by atoms with E-state index < -0.39 is 0 Å². The first-order chi connectivity index (χ1) is 9.81. The van der Waals surface area contributed by atoms with Gasteiger partial charge in [0.2, 0.25) is 0 Å². The largest absolute Gasteiger partial charge is 0.305 e. The molecule has 0 spiro atoms. The molecule has 0 fully saturated rings. The van der Waals surface area contributed by atoms with Gasteiger partial charge in [-0.1, -0.05) is 50.9 Å². The summed E-state index contributed by atoms with van der Waals surface area (Å²) in [5.74, 6) is 0. The molecule has 0 aliphatic rings. The highest BCUT2D eigenvalue weighted by Crippen LogP contribution is 2.32. The van der Waals surface area contributed by atoms with Gasteiger partial charge in [-0.05, 0) is 30.3 Å². The highest BCUT2D eigenvalue weighted by molar-refractivity contribution is 7.09. The minimum Gasteiger partial charge on any atom is -0.305 e. The Bertz CT molecular complexity index is 597. The van der Waals surface area contributed by atoms with Crippen LogP contribution < -0.4 is 5.32 Å². The third-order valence-electron chi connectivity index (χ3n) is 3.16. The fraction of sp³-hybridized carbons (Fsp3) is 0.438. The molecule has 0 saturated heterocycles. The lowest BCUT2D eigenvalue weighted by atomic mass is 9.93. The number of hydrogen-bond acceptors (Lipinski definition) is 3. The Kier molecular flexibility index (Phi) is 5.31. The third kappa shape index (κ3) is 4.19. The molecular weight excluding hydrogens is 323 g/mol. The van der Waals surface area contributed by atoms with E-state index in [1.54, 1.807) is 17.4 Å². The minimum atomic E-state index is 0.0206. The van der Waals surface area contributed by atoms with E-state index in [0.717, 1.165) is 22.8 Å². The highest BCUT2D eigenvalue weighted by atomic mass is 35.5. The van der Waals surface area contributed by atoms with Crippen molar-refractivity contribution in [3.8, 4) is 0 Å². The Morgan fingerprint density at radius 3 is 2.29 bits per heavy atom. The quantitative estimate of drug-likeness (QED) is 0.799. The fourth-order valence-electron chi connectivity index (χ4n) is 2.06. The van der Waals surface area contributed by atoms with Crippen molar-refractivity contribution in [3.63, 3.8) is 0 Å². The molecule has 1 heterocycles. The Labute approximate surface area is 140 Å². The fourth-order valence-corrected chi connectivity index (χ4v) is 3.75. The number of thiazole rings is 1. The Hall–Kier alpha value is -0.610. The van der Waals surface area contributed by atoms with Crippen LogP contribution in [0, 0.1) is 0 Å². The molecular formula is C16H20Cl2N2S. The summed E-state index contributed by atoms with van der Waals surface area (Å²) in [5.41, 5.74) is 2.21. The molecule has 1 N–H and O–H groups in total. The van der Waals surface area contributed by atoms with Gasteiger partial charge in [-0.25, -0.2) is 4.98 Å². The Balaban J connectivity index is 2.41. The van der Waals surface area contributed by atoms with Crippen molar-refractivity contribution >= 4 is 34.5 Å². The second-order valence-corrected chi connectivity index (χ2v) is 7.78. The van der Waals surface area contributed by atoms with Gasteiger partial charge in [-0.2, -0.15) is 0 Å². The summed E-state index contributed by atoms with van der Waals surface area (Å²) in [6, 6.07) is 5.66. The molecule has 114 valence electrons. The number of aromatic nitrogens is 1. The molecule has 0 amide bonds. The standard InChI is InChI=1S/C16H20Cl2N2S/c1-5-19-14(10-6-11(17)8-12(18)7-10)15-20-13(9-21-15)16(2,3)4/h6-9,14,19H,5H2,1-4H3. The van der Waals surface area contributed by atoms with Crippen molar-refractivity contribution in [2.24, 2.45) is 0 Å². The molecule has 0 saturated carbocycles. The van der Waals surface area contributed by atoms with E-state index in [1.165, 1.54) is 0 Å². The summed E-state index contributed by atoms with van der Waals surface area (Å²) in [7, 11) is 0. The summed E-state index contributed by atoms with van der Waals surface area (Å²) in [6.07, 6.45) is 0. The molecule has 1 unspecified atom stereocenters. The molecule has 0 aliphatic carbocycles. The van der Waals surface area contributed by atoms with Gasteiger partial charge in [0, 0.05) is 20.8 Å². The molecule has 0 radical (unpaired) electrons. The van der Waals surface area contributed by atoms with Crippen molar-refractivity contribution in [1.82, 2.24) is 10.3 Å². The lowest BCUT2D eigenvalue weighted by Crippen LogP contribution is -2.22. The molecule has 5 heteroatoms. The SMILES string of the molecule is CCNC(c1cc(Cl)cc(Cl)c1)c1nc(C(C)(C)C)cs1. The predicted molar refractivity (Wildman–Crippen MR) is 92.8 cm³/mol. The lowest BCUT2D eigenvalue weighted by Gasteiger charge is -2.18. The van der Waals surface area contributed by atoms with Crippen molar-refractivity contribution in [2.75, 3.05) is 6.54 Å². The van der Waals surface area contributed by atoms with E-state index in [1.807, 2.05) is 12.1 Å². The number of nitrogens with one attached hydrogen (secondary N) is 1. The highest BCUT2D eigenvalue weighted by Gasteiger charge is 2.22. The summed E-state index contributed by atoms with van der Waals surface area (Å²) in [4.78, 5) is 4.81. The first-order valence-electron chi connectivity index (χ1n) is 6.96. The number of nitrogens with zero attached hydrogens (tertiary/aromatic N) is 1. The normalized spacial score (nSPS) is 13.4. The van der Waals surface area contributed by atoms with Gasteiger partial charge in [-0.3, -0.25) is 0 Å². The van der Waals surface area contributed by atoms with Crippen LogP contribution in [0.25, 0.3) is 0 Å². The monoisotopic (exact) mass is 342 g/mol. The van der Waals surface area contributed by atoms with Gasteiger partial charge < -0.3 is 5.32 Å². The van der Waals surface area contributed by atoms with E-state index >= 15 is 0 Å². The zero-order chi connectivity index (χ0) is 15.6. The van der Waals surface area contributed by atoms with Crippen molar-refractivity contribution in [3.05, 3.63) is 49.9 Å². The van der Waals surface area contributed by atoms with Crippen LogP contribution in [0.5, 0.6) is 0 Å². The van der Waals surface area contributed by atoms with Crippen LogP contribution in [-0.2, 0) is 5.41 Å². The maximum absolute atomic E-state index is 6.13. The second kappa shape index (κ2) is 6.66. The van der Waals surface area contributed by atoms with Gasteiger partial charge in [0.05, 0.1) is 11.7 Å². The zero-order valence-corrected chi connectivity index (χ0v) is 15.0. The lowest BCUT2D eigenvalue weighted by molar-refractivity contribution is 0.562. The summed E-state index contributed by atoms with van der Waals surface area (Å²) < 4.78 is 0. The van der Waals surface area contributed by atoms with Crippen LogP contribution in [0.1, 0.15) is 50.0 Å². The predicted octanol–water partition coefficient (Wildman–Crippen LogP) is 5.45. The average Bonchev–Trinajstić information content (AvgIpc) is 2.83. The van der Waals surface area contributed by atoms with E-state index in [2.05, 4.69) is 38.4 Å². The van der Waals surface area contributed by atoms with Crippen molar-refractivity contribution in [2.45, 2.75) is 39.2 Å². The van der Waals surface area contributed by atoms with Gasteiger partial charge in [0.25, 0.3) is 0 Å². The van der Waals surface area contributed by atoms with E-state index in [0.29, 0.717) is 10.0 Å². The average molecular weight is 343 g/mol. The molecule has 21 heavy (non-hydrogen) atoms. The van der Waals surface area contributed by atoms with Gasteiger partial charge >= 0.3 is 0 Å².